The number of thiazole rings is 1. The van der Waals surface area contributed by atoms with Gasteiger partial charge in [-0.1, -0.05) is 31.2 Å². The summed E-state index contributed by atoms with van der Waals surface area (Å²) in [6.07, 6.45) is 3.79. The number of carbonyl (C=O) groups excluding carboxylic acids is 1. The molecule has 2 heterocycles. The number of anilines is 1. The molecule has 1 N–H and O–H groups in total. The summed E-state index contributed by atoms with van der Waals surface area (Å²) < 4.78 is 27.8. The van der Waals surface area contributed by atoms with E-state index in [0.29, 0.717) is 36.1 Å². The Bertz CT molecular complexity index is 1270. The molecule has 5 rings (SSSR count). The van der Waals surface area contributed by atoms with Crippen LogP contribution < -0.4 is 5.32 Å². The van der Waals surface area contributed by atoms with Crippen molar-refractivity contribution in [1.29, 1.82) is 0 Å². The van der Waals surface area contributed by atoms with Crippen molar-refractivity contribution in [1.82, 2.24) is 9.29 Å². The average molecular weight is 468 g/mol. The third kappa shape index (κ3) is 4.10. The van der Waals surface area contributed by atoms with Gasteiger partial charge in [0.15, 0.2) is 5.13 Å². The quantitative estimate of drug-likeness (QED) is 0.622. The fourth-order valence-electron chi connectivity index (χ4n) is 4.36. The average Bonchev–Trinajstić information content (AvgIpc) is 3.20. The summed E-state index contributed by atoms with van der Waals surface area (Å²) in [6.45, 7) is 3.06. The highest BCUT2D eigenvalue weighted by atomic mass is 32.2. The second kappa shape index (κ2) is 8.42. The van der Waals surface area contributed by atoms with Gasteiger partial charge in [-0.05, 0) is 67.0 Å². The van der Waals surface area contributed by atoms with E-state index in [0.717, 1.165) is 30.5 Å². The summed E-state index contributed by atoms with van der Waals surface area (Å²) in [4.78, 5) is 18.7. The Balaban J connectivity index is 1.29. The smallest absolute Gasteiger partial charge is 0.257 e. The molecule has 2 aliphatic rings. The molecule has 1 unspecified atom stereocenters. The van der Waals surface area contributed by atoms with Crippen molar-refractivity contribution in [3.05, 3.63) is 75.8 Å². The molecule has 0 bridgehead atoms. The molecule has 1 amide bonds. The number of nitrogens with one attached hydrogen (secondary N) is 1. The van der Waals surface area contributed by atoms with Crippen molar-refractivity contribution >= 4 is 32.4 Å². The van der Waals surface area contributed by atoms with Crippen LogP contribution in [0, 0.1) is 5.92 Å². The number of hydrogen-bond acceptors (Lipinski definition) is 5. The Morgan fingerprint density at radius 3 is 2.62 bits per heavy atom. The van der Waals surface area contributed by atoms with E-state index in [2.05, 4.69) is 17.2 Å². The van der Waals surface area contributed by atoms with Crippen LogP contribution in [0.1, 0.15) is 45.4 Å². The van der Waals surface area contributed by atoms with Crippen LogP contribution in [-0.4, -0.2) is 30.2 Å². The summed E-state index contributed by atoms with van der Waals surface area (Å²) in [6, 6.07) is 14.1. The number of amides is 1. The van der Waals surface area contributed by atoms with Gasteiger partial charge in [0.1, 0.15) is 0 Å². The van der Waals surface area contributed by atoms with Gasteiger partial charge in [0.2, 0.25) is 10.0 Å². The molecule has 166 valence electrons. The molecular weight excluding hydrogens is 442 g/mol. The predicted molar refractivity (Wildman–Crippen MR) is 125 cm³/mol. The van der Waals surface area contributed by atoms with Crippen LogP contribution in [0.5, 0.6) is 0 Å². The van der Waals surface area contributed by atoms with Crippen molar-refractivity contribution < 1.29 is 13.2 Å². The molecule has 3 aromatic rings. The molecule has 1 aliphatic heterocycles. The molecule has 2 aromatic carbocycles. The van der Waals surface area contributed by atoms with Gasteiger partial charge in [0.05, 0.1) is 10.6 Å². The number of hydrogen-bond donors (Lipinski definition) is 1. The minimum atomic E-state index is -3.62. The van der Waals surface area contributed by atoms with Crippen LogP contribution in [0.15, 0.2) is 53.4 Å². The number of benzene rings is 2. The SMILES string of the molecule is CC1CCc2nc(NC(=O)c3ccc(S(=O)(=O)N4CCc5ccccc5C4)cc3)sc2C1. The second-order valence-corrected chi connectivity index (χ2v) is 11.6. The lowest BCUT2D eigenvalue weighted by atomic mass is 9.93. The van der Waals surface area contributed by atoms with E-state index in [4.69, 9.17) is 0 Å². The van der Waals surface area contributed by atoms with Crippen molar-refractivity contribution in [2.45, 2.75) is 44.0 Å². The molecular formula is C24H25N3O3S2. The Labute approximate surface area is 192 Å². The Hall–Kier alpha value is -2.55. The summed E-state index contributed by atoms with van der Waals surface area (Å²) in [7, 11) is -3.62. The maximum atomic E-state index is 13.1. The maximum Gasteiger partial charge on any atom is 0.257 e. The summed E-state index contributed by atoms with van der Waals surface area (Å²) in [5.74, 6) is 0.370. The molecule has 6 nitrogen and oxygen atoms in total. The number of fused-ring (bicyclic) bond motifs is 2. The number of aryl methyl sites for hydroxylation is 1. The zero-order valence-electron chi connectivity index (χ0n) is 17.9. The molecule has 8 heteroatoms. The van der Waals surface area contributed by atoms with E-state index in [1.54, 1.807) is 12.1 Å². The number of carbonyl (C=O) groups is 1. The summed E-state index contributed by atoms with van der Waals surface area (Å²) >= 11 is 1.54. The molecule has 1 aliphatic carbocycles. The third-order valence-corrected chi connectivity index (χ3v) is 9.15. The standard InChI is InChI=1S/C24H25N3O3S2/c1-16-6-11-21-22(14-16)31-24(25-21)26-23(28)18-7-9-20(10-8-18)32(29,30)27-13-12-17-4-2-3-5-19(17)15-27/h2-5,7-10,16H,6,11-15H2,1H3,(H,25,26,28). The monoisotopic (exact) mass is 467 g/mol. The highest BCUT2D eigenvalue weighted by Gasteiger charge is 2.28. The van der Waals surface area contributed by atoms with Crippen molar-refractivity contribution in [3.8, 4) is 0 Å². The van der Waals surface area contributed by atoms with Crippen LogP contribution >= 0.6 is 11.3 Å². The normalized spacial score (nSPS) is 18.6. The fourth-order valence-corrected chi connectivity index (χ4v) is 6.95. The lowest BCUT2D eigenvalue weighted by molar-refractivity contribution is 0.102. The van der Waals surface area contributed by atoms with E-state index in [9.17, 15) is 13.2 Å². The number of sulfonamides is 1. The molecule has 1 aromatic heterocycles. The number of nitrogens with zero attached hydrogens (tertiary/aromatic N) is 2. The topological polar surface area (TPSA) is 79.4 Å². The van der Waals surface area contributed by atoms with E-state index in [-0.39, 0.29) is 10.8 Å². The Kier molecular flexibility index (Phi) is 5.61. The highest BCUT2D eigenvalue weighted by Crippen LogP contribution is 2.32. The van der Waals surface area contributed by atoms with Crippen molar-refractivity contribution in [2.75, 3.05) is 11.9 Å². The van der Waals surface area contributed by atoms with E-state index in [1.807, 2.05) is 24.3 Å². The summed E-state index contributed by atoms with van der Waals surface area (Å²) in [5.41, 5.74) is 3.74. The van der Waals surface area contributed by atoms with E-state index in [1.165, 1.54) is 38.2 Å². The number of rotatable bonds is 4. The Morgan fingerprint density at radius 2 is 1.84 bits per heavy atom. The molecule has 0 saturated carbocycles. The number of aromatic nitrogens is 1. The van der Waals surface area contributed by atoms with Gasteiger partial charge in [0.25, 0.3) is 5.91 Å². The van der Waals surface area contributed by atoms with Crippen LogP contribution in [0.4, 0.5) is 5.13 Å². The van der Waals surface area contributed by atoms with Gasteiger partial charge in [-0.15, -0.1) is 11.3 Å². The van der Waals surface area contributed by atoms with Gasteiger partial charge < -0.3 is 0 Å². The predicted octanol–water partition coefficient (Wildman–Crippen LogP) is 4.27. The fraction of sp³-hybridized carbons (Fsp3) is 0.333. The van der Waals surface area contributed by atoms with Gasteiger partial charge in [-0.3, -0.25) is 10.1 Å². The largest absolute Gasteiger partial charge is 0.298 e. The summed E-state index contributed by atoms with van der Waals surface area (Å²) in [5, 5.41) is 3.48. The minimum Gasteiger partial charge on any atom is -0.298 e. The Morgan fingerprint density at radius 1 is 1.09 bits per heavy atom. The van der Waals surface area contributed by atoms with Crippen LogP contribution in [0.2, 0.25) is 0 Å². The molecule has 0 fully saturated rings. The van der Waals surface area contributed by atoms with Gasteiger partial charge in [-0.25, -0.2) is 13.4 Å². The van der Waals surface area contributed by atoms with Crippen molar-refractivity contribution in [3.63, 3.8) is 0 Å². The zero-order valence-corrected chi connectivity index (χ0v) is 19.5. The van der Waals surface area contributed by atoms with Crippen LogP contribution in [-0.2, 0) is 35.8 Å². The maximum absolute atomic E-state index is 13.1. The zero-order chi connectivity index (χ0) is 22.3. The lowest BCUT2D eigenvalue weighted by Crippen LogP contribution is -2.35. The first-order valence-corrected chi connectivity index (χ1v) is 13.1. The third-order valence-electron chi connectivity index (χ3n) is 6.26. The first-order valence-electron chi connectivity index (χ1n) is 10.9. The molecule has 1 atom stereocenters. The van der Waals surface area contributed by atoms with E-state index < -0.39 is 10.0 Å². The van der Waals surface area contributed by atoms with Crippen LogP contribution in [0.25, 0.3) is 0 Å². The van der Waals surface area contributed by atoms with E-state index >= 15 is 0 Å². The van der Waals surface area contributed by atoms with Gasteiger partial charge in [0, 0.05) is 23.5 Å². The first kappa shape index (κ1) is 21.3. The lowest BCUT2D eigenvalue weighted by Gasteiger charge is -2.28. The molecule has 0 saturated heterocycles. The second-order valence-electron chi connectivity index (χ2n) is 8.57. The minimum absolute atomic E-state index is 0.201. The first-order chi connectivity index (χ1) is 15.4. The van der Waals surface area contributed by atoms with Crippen molar-refractivity contribution in [2.24, 2.45) is 5.92 Å². The van der Waals surface area contributed by atoms with Gasteiger partial charge >= 0.3 is 0 Å². The van der Waals surface area contributed by atoms with Crippen LogP contribution in [0.3, 0.4) is 0 Å². The molecule has 0 spiro atoms. The highest BCUT2D eigenvalue weighted by molar-refractivity contribution is 7.89. The molecule has 0 radical (unpaired) electrons. The van der Waals surface area contributed by atoms with Gasteiger partial charge in [-0.2, -0.15) is 4.31 Å². The molecule has 32 heavy (non-hydrogen) atoms.